The van der Waals surface area contributed by atoms with Crippen molar-refractivity contribution in [3.8, 4) is 11.5 Å². The predicted octanol–water partition coefficient (Wildman–Crippen LogP) is 5.71. The molecule has 0 bridgehead atoms. The van der Waals surface area contributed by atoms with Crippen LogP contribution in [0.2, 0.25) is 0 Å². The quantitative estimate of drug-likeness (QED) is 0.304. The highest BCUT2D eigenvalue weighted by Gasteiger charge is 2.13. The number of hydrogen-bond acceptors (Lipinski definition) is 5. The number of benzene rings is 3. The third-order valence-electron chi connectivity index (χ3n) is 5.73. The molecule has 0 unspecified atom stereocenters. The fourth-order valence-electron chi connectivity index (χ4n) is 3.91. The predicted molar refractivity (Wildman–Crippen MR) is 139 cm³/mol. The minimum absolute atomic E-state index is 0.259. The largest absolute Gasteiger partial charge is 0.493 e. The summed E-state index contributed by atoms with van der Waals surface area (Å²) < 4.78 is 12.3. The molecule has 3 aromatic rings. The van der Waals surface area contributed by atoms with Crippen LogP contribution < -0.4 is 19.8 Å². The van der Waals surface area contributed by atoms with Crippen LogP contribution in [-0.4, -0.2) is 32.3 Å². The van der Waals surface area contributed by atoms with Gasteiger partial charge in [0.1, 0.15) is 6.61 Å². The van der Waals surface area contributed by atoms with Crippen LogP contribution in [0.4, 0.5) is 5.69 Å². The van der Waals surface area contributed by atoms with Crippen LogP contribution >= 0.6 is 15.9 Å². The number of anilines is 1. The minimum atomic E-state index is -0.259. The van der Waals surface area contributed by atoms with E-state index >= 15 is 0 Å². The Morgan fingerprint density at radius 3 is 2.56 bits per heavy atom. The van der Waals surface area contributed by atoms with E-state index in [0.717, 1.165) is 34.4 Å². The lowest BCUT2D eigenvalue weighted by Gasteiger charge is -2.17. The molecular formula is C27H28BrN3O3. The van der Waals surface area contributed by atoms with E-state index in [2.05, 4.69) is 50.4 Å². The normalized spacial score (nSPS) is 13.3. The second-order valence-corrected chi connectivity index (χ2v) is 9.10. The lowest BCUT2D eigenvalue weighted by atomic mass is 10.1. The van der Waals surface area contributed by atoms with Gasteiger partial charge in [-0.1, -0.05) is 29.8 Å². The maximum absolute atomic E-state index is 12.5. The third kappa shape index (κ3) is 5.97. The summed E-state index contributed by atoms with van der Waals surface area (Å²) in [6.45, 7) is 4.63. The van der Waals surface area contributed by atoms with E-state index in [1.165, 1.54) is 18.4 Å². The molecule has 0 aromatic heterocycles. The van der Waals surface area contributed by atoms with Crippen molar-refractivity contribution >= 4 is 33.7 Å². The van der Waals surface area contributed by atoms with Crippen molar-refractivity contribution in [1.82, 2.24) is 5.43 Å². The summed E-state index contributed by atoms with van der Waals surface area (Å²) in [5.41, 5.74) is 7.33. The summed E-state index contributed by atoms with van der Waals surface area (Å²) in [5, 5.41) is 4.13. The molecule has 1 amide bonds. The number of rotatable bonds is 8. The van der Waals surface area contributed by atoms with Crippen LogP contribution in [0.3, 0.4) is 0 Å². The van der Waals surface area contributed by atoms with Crippen molar-refractivity contribution in [3.05, 3.63) is 87.4 Å². The second kappa shape index (κ2) is 11.2. The molecule has 1 aliphatic heterocycles. The molecule has 1 saturated heterocycles. The van der Waals surface area contributed by atoms with Crippen LogP contribution in [0, 0.1) is 6.92 Å². The zero-order valence-electron chi connectivity index (χ0n) is 19.4. The first-order valence-corrected chi connectivity index (χ1v) is 12.1. The second-order valence-electron chi connectivity index (χ2n) is 8.24. The molecule has 6 nitrogen and oxygen atoms in total. The molecule has 176 valence electrons. The Morgan fingerprint density at radius 1 is 1.09 bits per heavy atom. The van der Waals surface area contributed by atoms with Gasteiger partial charge in [0.25, 0.3) is 5.91 Å². The lowest BCUT2D eigenvalue weighted by molar-refractivity contribution is 0.0955. The lowest BCUT2D eigenvalue weighted by Crippen LogP contribution is -2.19. The minimum Gasteiger partial charge on any atom is -0.493 e. The summed E-state index contributed by atoms with van der Waals surface area (Å²) in [5.74, 6) is 0.946. The van der Waals surface area contributed by atoms with E-state index in [1.54, 1.807) is 13.3 Å². The van der Waals surface area contributed by atoms with E-state index in [1.807, 2.05) is 48.5 Å². The van der Waals surface area contributed by atoms with Crippen molar-refractivity contribution in [2.24, 2.45) is 5.10 Å². The highest BCUT2D eigenvalue weighted by Crippen LogP contribution is 2.33. The van der Waals surface area contributed by atoms with Crippen LogP contribution in [0.15, 0.2) is 70.2 Å². The molecule has 34 heavy (non-hydrogen) atoms. The Morgan fingerprint density at radius 2 is 1.85 bits per heavy atom. The van der Waals surface area contributed by atoms with Crippen molar-refractivity contribution < 1.29 is 14.3 Å². The van der Waals surface area contributed by atoms with Gasteiger partial charge >= 0.3 is 0 Å². The number of halogens is 1. The standard InChI is InChI=1S/C27H28BrN3O3/c1-19-6-5-7-20(14-19)18-34-26-16-24(28)22(15-25(26)33-2)17-29-30-27(32)21-8-10-23(11-9-21)31-12-3-4-13-31/h5-11,14-17H,3-4,12-13,18H2,1-2H3,(H,30,32)/b29-17-. The number of carbonyl (C=O) groups excluding carboxylic acids is 1. The average molecular weight is 522 g/mol. The number of ether oxygens (including phenoxy) is 2. The van der Waals surface area contributed by atoms with Gasteiger partial charge in [-0.05, 0) is 77.7 Å². The number of carbonyl (C=O) groups is 1. The first kappa shape index (κ1) is 23.8. The highest BCUT2D eigenvalue weighted by atomic mass is 79.9. The van der Waals surface area contributed by atoms with Crippen LogP contribution in [0.1, 0.15) is 39.9 Å². The monoisotopic (exact) mass is 521 g/mol. The Labute approximate surface area is 208 Å². The van der Waals surface area contributed by atoms with Gasteiger partial charge in [-0.15, -0.1) is 0 Å². The molecule has 0 aliphatic carbocycles. The van der Waals surface area contributed by atoms with Crippen LogP contribution in [0.25, 0.3) is 0 Å². The molecule has 3 aromatic carbocycles. The topological polar surface area (TPSA) is 63.2 Å². The fraction of sp³-hybridized carbons (Fsp3) is 0.259. The van der Waals surface area contributed by atoms with E-state index in [9.17, 15) is 4.79 Å². The van der Waals surface area contributed by atoms with Gasteiger partial charge in [-0.3, -0.25) is 4.79 Å². The average Bonchev–Trinajstić information content (AvgIpc) is 3.39. The first-order chi connectivity index (χ1) is 16.5. The summed E-state index contributed by atoms with van der Waals surface area (Å²) in [7, 11) is 1.59. The van der Waals surface area contributed by atoms with Gasteiger partial charge in [-0.25, -0.2) is 5.43 Å². The number of hydrazone groups is 1. The zero-order chi connectivity index (χ0) is 23.9. The maximum atomic E-state index is 12.5. The SMILES string of the molecule is COc1cc(/C=N\NC(=O)c2ccc(N3CCCC3)cc2)c(Br)cc1OCc1cccc(C)c1. The summed E-state index contributed by atoms with van der Waals surface area (Å²) >= 11 is 3.56. The van der Waals surface area contributed by atoms with Crippen LogP contribution in [-0.2, 0) is 6.61 Å². The van der Waals surface area contributed by atoms with E-state index in [-0.39, 0.29) is 5.91 Å². The molecule has 7 heteroatoms. The third-order valence-corrected chi connectivity index (χ3v) is 6.42. The summed E-state index contributed by atoms with van der Waals surface area (Å²) in [6.07, 6.45) is 4.02. The number of amides is 1. The number of nitrogens with zero attached hydrogens (tertiary/aromatic N) is 2. The summed E-state index contributed by atoms with van der Waals surface area (Å²) in [4.78, 5) is 14.8. The number of nitrogens with one attached hydrogen (secondary N) is 1. The summed E-state index contributed by atoms with van der Waals surface area (Å²) in [6, 6.07) is 19.5. The molecule has 0 atom stereocenters. The van der Waals surface area contributed by atoms with Crippen molar-refractivity contribution in [2.75, 3.05) is 25.1 Å². The van der Waals surface area contributed by atoms with Crippen molar-refractivity contribution in [3.63, 3.8) is 0 Å². The Hall–Kier alpha value is -3.32. The van der Waals surface area contributed by atoms with Gasteiger partial charge in [0.2, 0.25) is 0 Å². The molecule has 1 fully saturated rings. The smallest absolute Gasteiger partial charge is 0.271 e. The Balaban J connectivity index is 1.38. The van der Waals surface area contributed by atoms with Gasteiger partial charge in [-0.2, -0.15) is 5.10 Å². The molecule has 1 heterocycles. The molecule has 0 radical (unpaired) electrons. The number of methoxy groups -OCH3 is 1. The van der Waals surface area contributed by atoms with E-state index in [4.69, 9.17) is 9.47 Å². The fourth-order valence-corrected chi connectivity index (χ4v) is 4.33. The van der Waals surface area contributed by atoms with Gasteiger partial charge < -0.3 is 14.4 Å². The number of aryl methyl sites for hydroxylation is 1. The maximum Gasteiger partial charge on any atom is 0.271 e. The highest BCUT2D eigenvalue weighted by molar-refractivity contribution is 9.10. The van der Waals surface area contributed by atoms with E-state index < -0.39 is 0 Å². The zero-order valence-corrected chi connectivity index (χ0v) is 21.0. The molecule has 1 N–H and O–H groups in total. The van der Waals surface area contributed by atoms with E-state index in [0.29, 0.717) is 23.7 Å². The molecule has 0 spiro atoms. The van der Waals surface area contributed by atoms with Gasteiger partial charge in [0.15, 0.2) is 11.5 Å². The van der Waals surface area contributed by atoms with Gasteiger partial charge in [0, 0.05) is 34.4 Å². The van der Waals surface area contributed by atoms with Crippen molar-refractivity contribution in [2.45, 2.75) is 26.4 Å². The molecule has 4 rings (SSSR count). The molecular weight excluding hydrogens is 494 g/mol. The number of hydrogen-bond donors (Lipinski definition) is 1. The van der Waals surface area contributed by atoms with Gasteiger partial charge in [0.05, 0.1) is 13.3 Å². The van der Waals surface area contributed by atoms with Crippen LogP contribution in [0.5, 0.6) is 11.5 Å². The molecule has 0 saturated carbocycles. The van der Waals surface area contributed by atoms with Crippen molar-refractivity contribution in [1.29, 1.82) is 0 Å². The molecule has 1 aliphatic rings. The Bertz CT molecular complexity index is 1170. The first-order valence-electron chi connectivity index (χ1n) is 11.3. The Kier molecular flexibility index (Phi) is 7.85.